The van der Waals surface area contributed by atoms with Gasteiger partial charge in [0.1, 0.15) is 15.9 Å². The van der Waals surface area contributed by atoms with E-state index in [1.807, 2.05) is 24.3 Å². The van der Waals surface area contributed by atoms with E-state index >= 15 is 0 Å². The van der Waals surface area contributed by atoms with E-state index in [1.54, 1.807) is 34.4 Å². The van der Waals surface area contributed by atoms with Gasteiger partial charge >= 0.3 is 0 Å². The fourth-order valence-corrected chi connectivity index (χ4v) is 7.58. The van der Waals surface area contributed by atoms with E-state index in [2.05, 4.69) is 13.7 Å². The van der Waals surface area contributed by atoms with Crippen molar-refractivity contribution in [2.24, 2.45) is 0 Å². The Balaban J connectivity index is 1.21. The molecular formula is C19H17N5O3S4. The SMILES string of the molecule is O=C(CSc1nc2ccccc2s1)N1CCN(S(=O)(=O)c2cccc3nsnc23)CC1. The Hall–Kier alpha value is -2.12. The Morgan fingerprint density at radius 1 is 1.00 bits per heavy atom. The summed E-state index contributed by atoms with van der Waals surface area (Å²) in [6.45, 7) is 1.25. The van der Waals surface area contributed by atoms with Crippen LogP contribution in [0, 0.1) is 0 Å². The van der Waals surface area contributed by atoms with Gasteiger partial charge < -0.3 is 4.90 Å². The maximum atomic E-state index is 13.1. The number of benzene rings is 2. The topological polar surface area (TPSA) is 96.4 Å². The molecule has 1 amide bonds. The number of carbonyl (C=O) groups is 1. The standard InChI is InChI=1S/C19H17N5O3S4/c25-17(12-28-19-20-13-4-1-2-6-15(13)29-19)23-8-10-24(11-9-23)31(26,27)16-7-3-5-14-18(16)22-30-21-14/h1-7H,8-12H2. The summed E-state index contributed by atoms with van der Waals surface area (Å²) in [5.41, 5.74) is 1.91. The first-order valence-corrected chi connectivity index (χ1v) is 13.5. The predicted octanol–water partition coefficient (Wildman–Crippen LogP) is 2.93. The monoisotopic (exact) mass is 491 g/mol. The number of rotatable bonds is 5. The number of hydrogen-bond donors (Lipinski definition) is 0. The van der Waals surface area contributed by atoms with Crippen LogP contribution >= 0.6 is 34.8 Å². The van der Waals surface area contributed by atoms with E-state index in [1.165, 1.54) is 16.1 Å². The van der Waals surface area contributed by atoms with Gasteiger partial charge in [0.05, 0.1) is 27.7 Å². The van der Waals surface area contributed by atoms with Gasteiger partial charge in [-0.1, -0.05) is 30.0 Å². The minimum absolute atomic E-state index is 0.00731. The minimum Gasteiger partial charge on any atom is -0.339 e. The van der Waals surface area contributed by atoms with Crippen LogP contribution in [0.15, 0.2) is 51.7 Å². The van der Waals surface area contributed by atoms with E-state index in [9.17, 15) is 13.2 Å². The van der Waals surface area contributed by atoms with Crippen molar-refractivity contribution in [3.63, 3.8) is 0 Å². The number of thiazole rings is 1. The van der Waals surface area contributed by atoms with Crippen molar-refractivity contribution in [3.05, 3.63) is 42.5 Å². The molecule has 2 aromatic heterocycles. The van der Waals surface area contributed by atoms with Crippen LogP contribution in [0.4, 0.5) is 0 Å². The van der Waals surface area contributed by atoms with E-state index in [0.717, 1.165) is 26.3 Å². The summed E-state index contributed by atoms with van der Waals surface area (Å²) in [7, 11) is -3.69. The highest BCUT2D eigenvalue weighted by molar-refractivity contribution is 8.01. The Morgan fingerprint density at radius 2 is 1.77 bits per heavy atom. The molecule has 5 rings (SSSR count). The second-order valence-corrected chi connectivity index (χ2v) is 11.6. The van der Waals surface area contributed by atoms with Gasteiger partial charge in [0.15, 0.2) is 4.34 Å². The van der Waals surface area contributed by atoms with Gasteiger partial charge in [0.2, 0.25) is 15.9 Å². The Bertz CT molecular complexity index is 1330. The first-order valence-electron chi connectivity index (χ1n) is 9.50. The van der Waals surface area contributed by atoms with Gasteiger partial charge in [-0.05, 0) is 24.3 Å². The van der Waals surface area contributed by atoms with Crippen molar-refractivity contribution in [1.29, 1.82) is 0 Å². The van der Waals surface area contributed by atoms with Crippen molar-refractivity contribution in [2.45, 2.75) is 9.24 Å². The second-order valence-electron chi connectivity index (χ2n) is 6.91. The van der Waals surface area contributed by atoms with Crippen LogP contribution in [0.3, 0.4) is 0 Å². The molecule has 1 saturated heterocycles. The zero-order valence-electron chi connectivity index (χ0n) is 16.2. The van der Waals surface area contributed by atoms with Gasteiger partial charge in [-0.2, -0.15) is 13.1 Å². The van der Waals surface area contributed by atoms with Gasteiger partial charge in [0.25, 0.3) is 0 Å². The molecule has 31 heavy (non-hydrogen) atoms. The normalized spacial score (nSPS) is 15.7. The highest BCUT2D eigenvalue weighted by atomic mass is 32.2. The molecule has 0 unspecified atom stereocenters. The summed E-state index contributed by atoms with van der Waals surface area (Å²) < 4.78 is 37.9. The molecular weight excluding hydrogens is 475 g/mol. The first kappa shape index (κ1) is 20.8. The average molecular weight is 492 g/mol. The van der Waals surface area contributed by atoms with Crippen LogP contribution in [0.25, 0.3) is 21.3 Å². The van der Waals surface area contributed by atoms with Crippen molar-refractivity contribution < 1.29 is 13.2 Å². The number of aromatic nitrogens is 3. The van der Waals surface area contributed by atoms with Crippen molar-refractivity contribution in [2.75, 3.05) is 31.9 Å². The van der Waals surface area contributed by atoms with Crippen LogP contribution in [0.1, 0.15) is 0 Å². The van der Waals surface area contributed by atoms with E-state index in [-0.39, 0.29) is 29.6 Å². The zero-order valence-corrected chi connectivity index (χ0v) is 19.4. The predicted molar refractivity (Wildman–Crippen MR) is 123 cm³/mol. The number of amides is 1. The molecule has 0 saturated carbocycles. The van der Waals surface area contributed by atoms with Crippen LogP contribution in [0.5, 0.6) is 0 Å². The Labute approximate surface area is 191 Å². The highest BCUT2D eigenvalue weighted by Crippen LogP contribution is 2.30. The lowest BCUT2D eigenvalue weighted by Gasteiger charge is -2.34. The molecule has 160 valence electrons. The molecule has 0 bridgehead atoms. The molecule has 0 N–H and O–H groups in total. The van der Waals surface area contributed by atoms with Crippen LogP contribution in [0.2, 0.25) is 0 Å². The second kappa shape index (κ2) is 8.43. The van der Waals surface area contributed by atoms with Gasteiger partial charge in [-0.3, -0.25) is 4.79 Å². The van der Waals surface area contributed by atoms with E-state index in [0.29, 0.717) is 24.1 Å². The van der Waals surface area contributed by atoms with Crippen LogP contribution < -0.4 is 0 Å². The fraction of sp³-hybridized carbons (Fsp3) is 0.263. The third-order valence-electron chi connectivity index (χ3n) is 5.05. The van der Waals surface area contributed by atoms with Gasteiger partial charge in [0, 0.05) is 26.2 Å². The van der Waals surface area contributed by atoms with Crippen molar-refractivity contribution >= 4 is 72.0 Å². The number of hydrogen-bond acceptors (Lipinski definition) is 9. The number of thioether (sulfide) groups is 1. The van der Waals surface area contributed by atoms with Crippen LogP contribution in [-0.2, 0) is 14.8 Å². The molecule has 1 aliphatic heterocycles. The average Bonchev–Trinajstić information content (AvgIpc) is 3.43. The summed E-state index contributed by atoms with van der Waals surface area (Å²) in [4.78, 5) is 19.1. The smallest absolute Gasteiger partial charge is 0.245 e. The minimum atomic E-state index is -3.69. The van der Waals surface area contributed by atoms with Crippen molar-refractivity contribution in [3.8, 4) is 0 Å². The molecule has 12 heteroatoms. The first-order chi connectivity index (χ1) is 15.0. The number of para-hydroxylation sites is 1. The Kier molecular flexibility index (Phi) is 5.65. The summed E-state index contributed by atoms with van der Waals surface area (Å²) in [6, 6.07) is 12.9. The highest BCUT2D eigenvalue weighted by Gasteiger charge is 2.32. The lowest BCUT2D eigenvalue weighted by Crippen LogP contribution is -2.51. The third kappa shape index (κ3) is 4.05. The number of piperazine rings is 1. The zero-order chi connectivity index (χ0) is 21.4. The summed E-state index contributed by atoms with van der Waals surface area (Å²) in [5, 5.41) is 0. The molecule has 0 atom stereocenters. The van der Waals surface area contributed by atoms with Crippen molar-refractivity contribution in [1.82, 2.24) is 22.9 Å². The quantitative estimate of drug-likeness (QED) is 0.396. The number of fused-ring (bicyclic) bond motifs is 2. The maximum absolute atomic E-state index is 13.1. The molecule has 2 aromatic carbocycles. The summed E-state index contributed by atoms with van der Waals surface area (Å²) in [5.74, 6) is 0.281. The number of sulfonamides is 1. The lowest BCUT2D eigenvalue weighted by molar-refractivity contribution is -0.129. The number of nitrogens with zero attached hydrogens (tertiary/aromatic N) is 5. The number of carbonyl (C=O) groups excluding carboxylic acids is 1. The maximum Gasteiger partial charge on any atom is 0.245 e. The fourth-order valence-electron chi connectivity index (χ4n) is 3.43. The molecule has 1 aliphatic rings. The third-order valence-corrected chi connectivity index (χ3v) is 9.69. The van der Waals surface area contributed by atoms with Gasteiger partial charge in [-0.15, -0.1) is 11.3 Å². The largest absolute Gasteiger partial charge is 0.339 e. The molecule has 0 aliphatic carbocycles. The Morgan fingerprint density at radius 3 is 2.58 bits per heavy atom. The summed E-state index contributed by atoms with van der Waals surface area (Å²) >= 11 is 3.99. The molecule has 8 nitrogen and oxygen atoms in total. The van der Waals surface area contributed by atoms with E-state index in [4.69, 9.17) is 0 Å². The molecule has 0 spiro atoms. The molecule has 0 radical (unpaired) electrons. The van der Waals surface area contributed by atoms with Gasteiger partial charge in [-0.25, -0.2) is 13.4 Å². The lowest BCUT2D eigenvalue weighted by atomic mass is 10.3. The summed E-state index contributed by atoms with van der Waals surface area (Å²) in [6.07, 6.45) is 0. The molecule has 3 heterocycles. The van der Waals surface area contributed by atoms with Crippen LogP contribution in [-0.4, -0.2) is 69.2 Å². The molecule has 1 fully saturated rings. The van der Waals surface area contributed by atoms with E-state index < -0.39 is 10.0 Å². The molecule has 4 aromatic rings.